The fourth-order valence-corrected chi connectivity index (χ4v) is 2.13. The van der Waals surface area contributed by atoms with Crippen molar-refractivity contribution in [3.05, 3.63) is 65.5 Å². The highest BCUT2D eigenvalue weighted by Gasteiger charge is 2.20. The molecule has 0 aliphatic rings. The number of benzene rings is 2. The zero-order chi connectivity index (χ0) is 20.7. The Balaban J connectivity index is 1.92. The van der Waals surface area contributed by atoms with Crippen LogP contribution in [0.3, 0.4) is 0 Å². The molecule has 2 aromatic carbocycles. The van der Waals surface area contributed by atoms with Gasteiger partial charge in [-0.25, -0.2) is 18.0 Å². The lowest BCUT2D eigenvalue weighted by Gasteiger charge is -2.13. The van der Waals surface area contributed by atoms with Crippen LogP contribution in [0.5, 0.6) is 5.75 Å². The maximum atomic E-state index is 13.6. The van der Waals surface area contributed by atoms with Crippen molar-refractivity contribution >= 4 is 23.6 Å². The van der Waals surface area contributed by atoms with Crippen molar-refractivity contribution in [3.63, 3.8) is 0 Å². The van der Waals surface area contributed by atoms with Crippen molar-refractivity contribution in [1.29, 1.82) is 0 Å². The molecule has 0 aliphatic carbocycles. The van der Waals surface area contributed by atoms with E-state index in [-0.39, 0.29) is 0 Å². The molecule has 1 amide bonds. The van der Waals surface area contributed by atoms with Gasteiger partial charge in [-0.15, -0.1) is 0 Å². The van der Waals surface area contributed by atoms with Crippen LogP contribution in [-0.2, 0) is 14.3 Å². The van der Waals surface area contributed by atoms with Crippen molar-refractivity contribution in [2.75, 3.05) is 11.9 Å². The number of esters is 1. The Morgan fingerprint density at radius 3 is 2.39 bits per heavy atom. The monoisotopic (exact) mass is 393 g/mol. The Bertz CT molecular complexity index is 882. The molecule has 0 heterocycles. The van der Waals surface area contributed by atoms with E-state index >= 15 is 0 Å². The number of carbonyl (C=O) groups is 2. The maximum Gasteiger partial charge on any atom is 0.331 e. The number of anilines is 1. The van der Waals surface area contributed by atoms with Gasteiger partial charge < -0.3 is 14.8 Å². The summed E-state index contributed by atoms with van der Waals surface area (Å²) in [5, 5.41) is 2.04. The summed E-state index contributed by atoms with van der Waals surface area (Å²) in [6, 6.07) is 8.48. The summed E-state index contributed by atoms with van der Waals surface area (Å²) in [5.74, 6) is -5.63. The van der Waals surface area contributed by atoms with Crippen molar-refractivity contribution in [3.8, 4) is 5.75 Å². The van der Waals surface area contributed by atoms with E-state index in [1.807, 2.05) is 12.2 Å². The van der Waals surface area contributed by atoms with E-state index in [0.717, 1.165) is 12.1 Å². The van der Waals surface area contributed by atoms with Crippen molar-refractivity contribution in [2.45, 2.75) is 20.0 Å². The largest absolute Gasteiger partial charge is 0.494 e. The average molecular weight is 393 g/mol. The molecule has 28 heavy (non-hydrogen) atoms. The molecule has 148 valence electrons. The van der Waals surface area contributed by atoms with Gasteiger partial charge in [0.1, 0.15) is 5.75 Å². The smallest absolute Gasteiger partial charge is 0.331 e. The quantitative estimate of drug-likeness (QED) is 0.437. The van der Waals surface area contributed by atoms with Crippen LogP contribution in [0.25, 0.3) is 6.08 Å². The molecule has 0 bridgehead atoms. The Morgan fingerprint density at radius 2 is 1.75 bits per heavy atom. The number of nitrogens with one attached hydrogen (secondary N) is 1. The van der Waals surface area contributed by atoms with Gasteiger partial charge in [0.05, 0.1) is 12.3 Å². The normalized spacial score (nSPS) is 11.9. The summed E-state index contributed by atoms with van der Waals surface area (Å²) < 4.78 is 49.9. The molecule has 2 aromatic rings. The van der Waals surface area contributed by atoms with Crippen LogP contribution in [0.15, 0.2) is 42.5 Å². The molecule has 0 radical (unpaired) electrons. The first-order valence-electron chi connectivity index (χ1n) is 8.37. The molecule has 8 heteroatoms. The Labute approximate surface area is 159 Å². The number of ether oxygens (including phenoxy) is 2. The van der Waals surface area contributed by atoms with E-state index in [1.54, 1.807) is 24.3 Å². The standard InChI is InChI=1S/C20H18F3NO4/c1-3-27-14-7-4-13(5-8-14)6-11-17(25)28-12(2)20(26)24-16-10-9-15(21)18(22)19(16)23/h4-12H,3H2,1-2H3,(H,24,26)/b11-6+/t12-/m0/s1. The minimum atomic E-state index is -1.71. The summed E-state index contributed by atoms with van der Waals surface area (Å²) in [4.78, 5) is 23.8. The molecule has 0 spiro atoms. The van der Waals surface area contributed by atoms with Gasteiger partial charge in [0.15, 0.2) is 23.6 Å². The number of halogens is 3. The predicted molar refractivity (Wildman–Crippen MR) is 97.1 cm³/mol. The third-order valence-corrected chi connectivity index (χ3v) is 3.56. The summed E-state index contributed by atoms with van der Waals surface area (Å²) in [6.07, 6.45) is 1.32. The lowest BCUT2D eigenvalue weighted by molar-refractivity contribution is -0.148. The summed E-state index contributed by atoms with van der Waals surface area (Å²) in [6.45, 7) is 3.66. The van der Waals surface area contributed by atoms with Gasteiger partial charge in [-0.2, -0.15) is 0 Å². The molecule has 5 nitrogen and oxygen atoms in total. The summed E-state index contributed by atoms with van der Waals surface area (Å²) in [5.41, 5.74) is 0.151. The lowest BCUT2D eigenvalue weighted by atomic mass is 10.2. The molecule has 1 N–H and O–H groups in total. The van der Waals surface area contributed by atoms with E-state index < -0.39 is 41.1 Å². The molecule has 0 saturated heterocycles. The number of amides is 1. The zero-order valence-corrected chi connectivity index (χ0v) is 15.2. The zero-order valence-electron chi connectivity index (χ0n) is 15.2. The van der Waals surface area contributed by atoms with Crippen LogP contribution in [0.2, 0.25) is 0 Å². The fourth-order valence-electron chi connectivity index (χ4n) is 2.13. The average Bonchev–Trinajstić information content (AvgIpc) is 2.68. The van der Waals surface area contributed by atoms with E-state index in [1.165, 1.54) is 13.0 Å². The van der Waals surface area contributed by atoms with Gasteiger partial charge in [0.25, 0.3) is 5.91 Å². The minimum absolute atomic E-state index is 0.538. The topological polar surface area (TPSA) is 64.6 Å². The number of carbonyl (C=O) groups excluding carboxylic acids is 2. The van der Waals surface area contributed by atoms with Gasteiger partial charge in [-0.1, -0.05) is 12.1 Å². The maximum absolute atomic E-state index is 13.6. The van der Waals surface area contributed by atoms with Crippen molar-refractivity contribution in [2.24, 2.45) is 0 Å². The lowest BCUT2D eigenvalue weighted by Crippen LogP contribution is -2.29. The molecule has 0 fully saturated rings. The predicted octanol–water partition coefficient (Wildman–Crippen LogP) is 4.09. The highest BCUT2D eigenvalue weighted by molar-refractivity contribution is 5.96. The van der Waals surface area contributed by atoms with E-state index in [9.17, 15) is 22.8 Å². The first-order valence-corrected chi connectivity index (χ1v) is 8.37. The molecular formula is C20H18F3NO4. The molecule has 1 atom stereocenters. The molecule has 2 rings (SSSR count). The Kier molecular flexibility index (Phi) is 7.20. The Hall–Kier alpha value is -3.29. The van der Waals surface area contributed by atoms with Crippen LogP contribution in [0, 0.1) is 17.5 Å². The second-order valence-electron chi connectivity index (χ2n) is 5.63. The van der Waals surface area contributed by atoms with Gasteiger partial charge in [0, 0.05) is 6.08 Å². The number of hydrogen-bond acceptors (Lipinski definition) is 4. The highest BCUT2D eigenvalue weighted by atomic mass is 19.2. The molecule has 0 unspecified atom stereocenters. The minimum Gasteiger partial charge on any atom is -0.494 e. The van der Waals surface area contributed by atoms with Gasteiger partial charge in [0.2, 0.25) is 0 Å². The highest BCUT2D eigenvalue weighted by Crippen LogP contribution is 2.20. The van der Waals surface area contributed by atoms with Crippen LogP contribution in [0.4, 0.5) is 18.9 Å². The summed E-state index contributed by atoms with van der Waals surface area (Å²) in [7, 11) is 0. The molecule has 0 saturated carbocycles. The second-order valence-corrected chi connectivity index (χ2v) is 5.63. The van der Waals surface area contributed by atoms with Gasteiger partial charge in [-0.05, 0) is 49.8 Å². The molecular weight excluding hydrogens is 375 g/mol. The second kappa shape index (κ2) is 9.59. The number of hydrogen-bond donors (Lipinski definition) is 1. The SMILES string of the molecule is CCOc1ccc(/C=C/C(=O)O[C@@H](C)C(=O)Nc2ccc(F)c(F)c2F)cc1. The van der Waals surface area contributed by atoms with E-state index in [2.05, 4.69) is 0 Å². The van der Waals surface area contributed by atoms with E-state index in [4.69, 9.17) is 9.47 Å². The van der Waals surface area contributed by atoms with Gasteiger partial charge in [-0.3, -0.25) is 4.79 Å². The molecule has 0 aromatic heterocycles. The fraction of sp³-hybridized carbons (Fsp3) is 0.200. The van der Waals surface area contributed by atoms with Crippen LogP contribution < -0.4 is 10.1 Å². The first-order chi connectivity index (χ1) is 13.3. The molecule has 0 aliphatic heterocycles. The third-order valence-electron chi connectivity index (χ3n) is 3.56. The first kappa shape index (κ1) is 21.0. The van der Waals surface area contributed by atoms with Crippen LogP contribution in [0.1, 0.15) is 19.4 Å². The number of rotatable bonds is 7. The van der Waals surface area contributed by atoms with Crippen molar-refractivity contribution in [1.82, 2.24) is 0 Å². The Morgan fingerprint density at radius 1 is 1.07 bits per heavy atom. The van der Waals surface area contributed by atoms with Crippen LogP contribution >= 0.6 is 0 Å². The third kappa shape index (κ3) is 5.60. The van der Waals surface area contributed by atoms with E-state index in [0.29, 0.717) is 24.0 Å². The van der Waals surface area contributed by atoms with Crippen LogP contribution in [-0.4, -0.2) is 24.6 Å². The van der Waals surface area contributed by atoms with Gasteiger partial charge >= 0.3 is 5.97 Å². The summed E-state index contributed by atoms with van der Waals surface area (Å²) >= 11 is 0. The van der Waals surface area contributed by atoms with Crippen molar-refractivity contribution < 1.29 is 32.2 Å².